The zero-order chi connectivity index (χ0) is 22.0. The van der Waals surface area contributed by atoms with E-state index in [2.05, 4.69) is 21.2 Å². The largest absolute Gasteiger partial charge is 0.467 e. The van der Waals surface area contributed by atoms with Crippen molar-refractivity contribution in [2.75, 3.05) is 11.9 Å². The highest BCUT2D eigenvalue weighted by molar-refractivity contribution is 9.10. The van der Waals surface area contributed by atoms with Crippen molar-refractivity contribution in [3.63, 3.8) is 0 Å². The van der Waals surface area contributed by atoms with E-state index in [0.29, 0.717) is 15.9 Å². The lowest BCUT2D eigenvalue weighted by Gasteiger charge is -2.11. The minimum Gasteiger partial charge on any atom is -0.467 e. The van der Waals surface area contributed by atoms with Gasteiger partial charge in [-0.15, -0.1) is 0 Å². The van der Waals surface area contributed by atoms with Gasteiger partial charge in [-0.3, -0.25) is 19.3 Å². The first-order valence-electron chi connectivity index (χ1n) is 9.18. The monoisotopic (exact) mass is 482 g/mol. The minimum absolute atomic E-state index is 0.00561. The molecule has 1 aromatic heterocycles. The van der Waals surface area contributed by atoms with Crippen molar-refractivity contribution in [2.45, 2.75) is 6.54 Å². The molecule has 1 N–H and O–H groups in total. The number of nitrogens with zero attached hydrogens (tertiary/aromatic N) is 1. The third-order valence-corrected chi connectivity index (χ3v) is 5.27. The zero-order valence-electron chi connectivity index (χ0n) is 16.0. The summed E-state index contributed by atoms with van der Waals surface area (Å²) < 4.78 is 10.9. The Hall–Kier alpha value is -3.72. The van der Waals surface area contributed by atoms with Crippen LogP contribution in [0.4, 0.5) is 5.69 Å². The normalized spacial score (nSPS) is 12.6. The van der Waals surface area contributed by atoms with Gasteiger partial charge in [-0.05, 0) is 58.4 Å². The lowest BCUT2D eigenvalue weighted by Crippen LogP contribution is -2.28. The number of hydrogen-bond acceptors (Lipinski definition) is 6. The van der Waals surface area contributed by atoms with Crippen LogP contribution in [0, 0.1) is 0 Å². The Balaban J connectivity index is 1.41. The van der Waals surface area contributed by atoms with Crippen LogP contribution in [-0.2, 0) is 16.1 Å². The molecule has 0 radical (unpaired) electrons. The van der Waals surface area contributed by atoms with E-state index in [-0.39, 0.29) is 23.2 Å². The van der Waals surface area contributed by atoms with E-state index < -0.39 is 30.3 Å². The van der Waals surface area contributed by atoms with Crippen LogP contribution in [0.1, 0.15) is 36.8 Å². The molecular weight excluding hydrogens is 468 g/mol. The van der Waals surface area contributed by atoms with Gasteiger partial charge in [-0.25, -0.2) is 4.79 Å². The summed E-state index contributed by atoms with van der Waals surface area (Å²) in [5.74, 6) is -1.83. The summed E-state index contributed by atoms with van der Waals surface area (Å²) in [4.78, 5) is 50.6. The van der Waals surface area contributed by atoms with Gasteiger partial charge in [0.2, 0.25) is 0 Å². The number of halogens is 1. The number of esters is 1. The number of amides is 3. The maximum Gasteiger partial charge on any atom is 0.338 e. The lowest BCUT2D eigenvalue weighted by atomic mass is 10.1. The minimum atomic E-state index is -0.783. The molecule has 31 heavy (non-hydrogen) atoms. The second-order valence-electron chi connectivity index (χ2n) is 6.64. The first-order valence-corrected chi connectivity index (χ1v) is 9.97. The smallest absolute Gasteiger partial charge is 0.338 e. The van der Waals surface area contributed by atoms with E-state index in [1.54, 1.807) is 36.4 Å². The molecule has 0 aliphatic carbocycles. The van der Waals surface area contributed by atoms with E-state index in [9.17, 15) is 19.2 Å². The Kier molecular flexibility index (Phi) is 5.68. The summed E-state index contributed by atoms with van der Waals surface area (Å²) in [6, 6.07) is 14.4. The van der Waals surface area contributed by atoms with E-state index in [1.165, 1.54) is 24.5 Å². The summed E-state index contributed by atoms with van der Waals surface area (Å²) in [6.07, 6.45) is 1.45. The number of anilines is 1. The molecule has 8 nitrogen and oxygen atoms in total. The molecule has 1 aliphatic heterocycles. The topological polar surface area (TPSA) is 106 Å². The van der Waals surface area contributed by atoms with Crippen LogP contribution in [0.5, 0.6) is 0 Å². The van der Waals surface area contributed by atoms with Crippen molar-refractivity contribution in [2.24, 2.45) is 0 Å². The summed E-state index contributed by atoms with van der Waals surface area (Å²) in [5.41, 5.74) is 0.902. The maximum atomic E-state index is 12.7. The van der Waals surface area contributed by atoms with E-state index in [4.69, 9.17) is 9.15 Å². The molecule has 156 valence electrons. The number of rotatable bonds is 6. The highest BCUT2D eigenvalue weighted by Gasteiger charge is 2.36. The molecule has 4 rings (SSSR count). The summed E-state index contributed by atoms with van der Waals surface area (Å²) in [6.45, 7) is -0.511. The predicted molar refractivity (Wildman–Crippen MR) is 112 cm³/mol. The van der Waals surface area contributed by atoms with Gasteiger partial charge in [-0.2, -0.15) is 0 Å². The van der Waals surface area contributed by atoms with E-state index >= 15 is 0 Å². The van der Waals surface area contributed by atoms with Crippen molar-refractivity contribution >= 4 is 45.3 Å². The fraction of sp³-hybridized carbons (Fsp3) is 0.0909. The highest BCUT2D eigenvalue weighted by Crippen LogP contribution is 2.26. The number of carbonyl (C=O) groups excluding carboxylic acids is 4. The summed E-state index contributed by atoms with van der Waals surface area (Å²) in [7, 11) is 0. The second kappa shape index (κ2) is 8.57. The number of carbonyl (C=O) groups is 4. The number of nitrogens with one attached hydrogen (secondary N) is 1. The van der Waals surface area contributed by atoms with Crippen molar-refractivity contribution in [3.8, 4) is 0 Å². The molecule has 9 heteroatoms. The van der Waals surface area contributed by atoms with E-state index in [1.807, 2.05) is 0 Å². The quantitative estimate of drug-likeness (QED) is 0.424. The molecule has 1 aliphatic rings. The molecule has 0 bridgehead atoms. The van der Waals surface area contributed by atoms with Crippen molar-refractivity contribution in [1.29, 1.82) is 0 Å². The van der Waals surface area contributed by atoms with Crippen molar-refractivity contribution in [1.82, 2.24) is 4.90 Å². The number of ether oxygens (including phenoxy) is 1. The third-order valence-electron chi connectivity index (χ3n) is 4.58. The molecule has 0 atom stereocenters. The summed E-state index contributed by atoms with van der Waals surface area (Å²) >= 11 is 3.31. The van der Waals surface area contributed by atoms with Crippen molar-refractivity contribution in [3.05, 3.63) is 87.8 Å². The van der Waals surface area contributed by atoms with Gasteiger partial charge in [0, 0.05) is 4.47 Å². The Bertz CT molecular complexity index is 1190. The predicted octanol–water partition coefficient (Wildman–Crippen LogP) is 3.63. The number of fused-ring (bicyclic) bond motifs is 1. The van der Waals surface area contributed by atoms with E-state index in [0.717, 1.165) is 4.90 Å². The Morgan fingerprint density at radius 1 is 1.00 bits per heavy atom. The van der Waals surface area contributed by atoms with Crippen LogP contribution < -0.4 is 5.32 Å². The van der Waals surface area contributed by atoms with Gasteiger partial charge in [0.25, 0.3) is 17.7 Å². The average molecular weight is 483 g/mol. The zero-order valence-corrected chi connectivity index (χ0v) is 17.5. The highest BCUT2D eigenvalue weighted by atomic mass is 79.9. The number of furan rings is 1. The number of para-hydroxylation sites is 1. The molecular formula is C22H15BrN2O6. The fourth-order valence-electron chi connectivity index (χ4n) is 3.08. The Labute approximate surface area is 184 Å². The van der Waals surface area contributed by atoms with Crippen LogP contribution in [0.3, 0.4) is 0 Å². The van der Waals surface area contributed by atoms with Crippen LogP contribution in [-0.4, -0.2) is 35.2 Å². The fourth-order valence-corrected chi connectivity index (χ4v) is 3.47. The number of benzene rings is 2. The molecule has 2 heterocycles. The van der Waals surface area contributed by atoms with Crippen LogP contribution in [0.25, 0.3) is 0 Å². The van der Waals surface area contributed by atoms with Gasteiger partial charge < -0.3 is 14.5 Å². The molecule has 0 saturated carbocycles. The van der Waals surface area contributed by atoms with Crippen LogP contribution >= 0.6 is 15.9 Å². The molecule has 0 spiro atoms. The number of hydrogen-bond donors (Lipinski definition) is 1. The molecule has 0 fully saturated rings. The summed E-state index contributed by atoms with van der Waals surface area (Å²) in [5, 5.41) is 2.62. The second-order valence-corrected chi connectivity index (χ2v) is 7.49. The maximum absolute atomic E-state index is 12.7. The molecule has 3 aromatic rings. The number of imide groups is 1. The SMILES string of the molecule is O=C(COC(=O)c1ccc2c(c1)C(=O)N(Cc1ccco1)C2=O)Nc1ccccc1Br. The van der Waals surface area contributed by atoms with Gasteiger partial charge in [0.05, 0.1) is 35.2 Å². The molecule has 0 saturated heterocycles. The van der Waals surface area contributed by atoms with Crippen LogP contribution in [0.2, 0.25) is 0 Å². The molecule has 0 unspecified atom stereocenters. The standard InChI is InChI=1S/C22H15BrN2O6/c23-17-5-1-2-6-18(17)24-19(26)12-31-22(29)13-7-8-15-16(10-13)21(28)25(20(15)27)11-14-4-3-9-30-14/h1-10H,11-12H2,(H,24,26). The molecule has 3 amide bonds. The Morgan fingerprint density at radius 3 is 2.52 bits per heavy atom. The van der Waals surface area contributed by atoms with Crippen LogP contribution in [0.15, 0.2) is 69.8 Å². The average Bonchev–Trinajstić information content (AvgIpc) is 3.36. The molecule has 2 aromatic carbocycles. The van der Waals surface area contributed by atoms with Gasteiger partial charge in [0.15, 0.2) is 6.61 Å². The Morgan fingerprint density at radius 2 is 1.77 bits per heavy atom. The first-order chi connectivity index (χ1) is 14.9. The third kappa shape index (κ3) is 4.26. The first kappa shape index (κ1) is 20.5. The van der Waals surface area contributed by atoms with Gasteiger partial charge in [0.1, 0.15) is 5.76 Å². The van der Waals surface area contributed by atoms with Crippen molar-refractivity contribution < 1.29 is 28.3 Å². The van der Waals surface area contributed by atoms with Gasteiger partial charge in [-0.1, -0.05) is 12.1 Å². The van der Waals surface area contributed by atoms with Gasteiger partial charge >= 0.3 is 5.97 Å². The lowest BCUT2D eigenvalue weighted by molar-refractivity contribution is -0.119.